The van der Waals surface area contributed by atoms with Gasteiger partial charge in [0.15, 0.2) is 0 Å². The van der Waals surface area contributed by atoms with Crippen molar-refractivity contribution in [3.63, 3.8) is 0 Å². The van der Waals surface area contributed by atoms with Gasteiger partial charge in [-0.25, -0.2) is 0 Å². The molecule has 2 rings (SSSR count). The average molecular weight is 260 g/mol. The van der Waals surface area contributed by atoms with Gasteiger partial charge < -0.3 is 20.6 Å². The highest BCUT2D eigenvalue weighted by atomic mass is 16.3. The number of nitrogens with two attached hydrogens (primary N) is 1. The zero-order chi connectivity index (χ0) is 14.0. The Morgan fingerprint density at radius 3 is 2.89 bits per heavy atom. The van der Waals surface area contributed by atoms with Crippen molar-refractivity contribution in [2.24, 2.45) is 0 Å². The summed E-state index contributed by atoms with van der Waals surface area (Å²) in [7, 11) is 4.02. The van der Waals surface area contributed by atoms with Gasteiger partial charge in [0.2, 0.25) is 0 Å². The molecular formula is C14H20N4O. The molecule has 1 saturated heterocycles. The molecule has 0 radical (unpaired) electrons. The molecule has 1 aromatic rings. The molecule has 0 aromatic heterocycles. The minimum atomic E-state index is -0.338. The molecule has 5 nitrogen and oxygen atoms in total. The standard InChI is InChI=1S/C14H20N4O/c1-17(2)8-11-6-12(19)9-18(11)13-5-3-4-10(7-15)14(13)16/h3-5,11-12,19H,6,8-9,16H2,1-2H3. The Hall–Kier alpha value is -1.77. The maximum Gasteiger partial charge on any atom is 0.101 e. The molecule has 1 heterocycles. The van der Waals surface area contributed by atoms with Crippen molar-refractivity contribution < 1.29 is 5.11 Å². The first-order valence-corrected chi connectivity index (χ1v) is 6.41. The van der Waals surface area contributed by atoms with E-state index in [0.717, 1.165) is 18.7 Å². The van der Waals surface area contributed by atoms with E-state index in [2.05, 4.69) is 15.9 Å². The number of rotatable bonds is 3. The number of hydrogen-bond donors (Lipinski definition) is 2. The second kappa shape index (κ2) is 5.47. The lowest BCUT2D eigenvalue weighted by Gasteiger charge is -2.29. The van der Waals surface area contributed by atoms with Gasteiger partial charge in [-0.15, -0.1) is 0 Å². The number of anilines is 2. The van der Waals surface area contributed by atoms with Gasteiger partial charge in [-0.2, -0.15) is 5.26 Å². The summed E-state index contributed by atoms with van der Waals surface area (Å²) in [5.41, 5.74) is 7.89. The summed E-state index contributed by atoms with van der Waals surface area (Å²) >= 11 is 0. The molecule has 2 unspecified atom stereocenters. The second-order valence-electron chi connectivity index (χ2n) is 5.31. The Morgan fingerprint density at radius 2 is 2.26 bits per heavy atom. The van der Waals surface area contributed by atoms with Crippen LogP contribution in [0.5, 0.6) is 0 Å². The Labute approximate surface area is 113 Å². The number of aliphatic hydroxyl groups excluding tert-OH is 1. The van der Waals surface area contributed by atoms with E-state index in [1.54, 1.807) is 6.07 Å². The molecule has 0 bridgehead atoms. The molecule has 19 heavy (non-hydrogen) atoms. The van der Waals surface area contributed by atoms with Gasteiger partial charge in [-0.3, -0.25) is 0 Å². The molecule has 1 aliphatic heterocycles. The van der Waals surface area contributed by atoms with Crippen LogP contribution in [0.1, 0.15) is 12.0 Å². The summed E-state index contributed by atoms with van der Waals surface area (Å²) in [6, 6.07) is 7.79. The highest BCUT2D eigenvalue weighted by Crippen LogP contribution is 2.32. The van der Waals surface area contributed by atoms with Crippen LogP contribution >= 0.6 is 0 Å². The van der Waals surface area contributed by atoms with Gasteiger partial charge in [0, 0.05) is 19.1 Å². The van der Waals surface area contributed by atoms with Crippen LogP contribution < -0.4 is 10.6 Å². The SMILES string of the molecule is CN(C)CC1CC(O)CN1c1cccc(C#N)c1N. The van der Waals surface area contributed by atoms with Gasteiger partial charge >= 0.3 is 0 Å². The lowest BCUT2D eigenvalue weighted by Crippen LogP contribution is -2.38. The van der Waals surface area contributed by atoms with Crippen LogP contribution in [-0.2, 0) is 0 Å². The van der Waals surface area contributed by atoms with Crippen LogP contribution in [0, 0.1) is 11.3 Å². The van der Waals surface area contributed by atoms with Gasteiger partial charge in [0.05, 0.1) is 23.0 Å². The van der Waals surface area contributed by atoms with E-state index in [4.69, 9.17) is 11.0 Å². The molecule has 1 aromatic carbocycles. The number of para-hydroxylation sites is 1. The zero-order valence-electron chi connectivity index (χ0n) is 11.4. The predicted molar refractivity (Wildman–Crippen MR) is 75.9 cm³/mol. The molecule has 1 fully saturated rings. The molecule has 102 valence electrons. The van der Waals surface area contributed by atoms with Crippen LogP contribution in [0.25, 0.3) is 0 Å². The highest BCUT2D eigenvalue weighted by Gasteiger charge is 2.32. The fraction of sp³-hybridized carbons (Fsp3) is 0.500. The summed E-state index contributed by atoms with van der Waals surface area (Å²) in [6.45, 7) is 1.42. The first-order chi connectivity index (χ1) is 9.02. The van der Waals surface area contributed by atoms with Crippen LogP contribution in [0.2, 0.25) is 0 Å². The Bertz CT molecular complexity index is 495. The minimum absolute atomic E-state index is 0.223. The van der Waals surface area contributed by atoms with Crippen molar-refractivity contribution in [2.75, 3.05) is 37.8 Å². The number of nitrogens with zero attached hydrogens (tertiary/aromatic N) is 3. The van der Waals surface area contributed by atoms with E-state index in [1.165, 1.54) is 0 Å². The smallest absolute Gasteiger partial charge is 0.101 e. The Morgan fingerprint density at radius 1 is 1.53 bits per heavy atom. The molecule has 1 aliphatic rings. The monoisotopic (exact) mass is 260 g/mol. The fourth-order valence-electron chi connectivity index (χ4n) is 2.68. The predicted octanol–water partition coefficient (Wildman–Crippen LogP) is 0.642. The van der Waals surface area contributed by atoms with Gasteiger partial charge in [0.1, 0.15) is 6.07 Å². The van der Waals surface area contributed by atoms with Crippen molar-refractivity contribution >= 4 is 11.4 Å². The van der Waals surface area contributed by atoms with Crippen LogP contribution in [0.15, 0.2) is 18.2 Å². The summed E-state index contributed by atoms with van der Waals surface area (Å²) < 4.78 is 0. The van der Waals surface area contributed by atoms with E-state index in [0.29, 0.717) is 17.8 Å². The third-order valence-corrected chi connectivity index (χ3v) is 3.48. The van der Waals surface area contributed by atoms with Crippen LogP contribution in [0.4, 0.5) is 11.4 Å². The van der Waals surface area contributed by atoms with Crippen molar-refractivity contribution in [3.05, 3.63) is 23.8 Å². The summed E-state index contributed by atoms with van der Waals surface area (Å²) in [4.78, 5) is 4.21. The average Bonchev–Trinajstić information content (AvgIpc) is 2.69. The first-order valence-electron chi connectivity index (χ1n) is 6.41. The second-order valence-corrected chi connectivity index (χ2v) is 5.31. The summed E-state index contributed by atoms with van der Waals surface area (Å²) in [6.07, 6.45) is 0.393. The molecule has 0 saturated carbocycles. The van der Waals surface area contributed by atoms with Crippen molar-refractivity contribution in [1.29, 1.82) is 5.26 Å². The third kappa shape index (κ3) is 2.80. The maximum atomic E-state index is 9.90. The topological polar surface area (TPSA) is 76.5 Å². The Kier molecular flexibility index (Phi) is 3.93. The zero-order valence-corrected chi connectivity index (χ0v) is 11.4. The molecule has 3 N–H and O–H groups in total. The molecule has 0 spiro atoms. The summed E-state index contributed by atoms with van der Waals surface area (Å²) in [5.74, 6) is 0. The number of aliphatic hydroxyl groups is 1. The molecule has 2 atom stereocenters. The van der Waals surface area contributed by atoms with Crippen LogP contribution in [0.3, 0.4) is 0 Å². The van der Waals surface area contributed by atoms with Gasteiger partial charge in [0.25, 0.3) is 0 Å². The fourth-order valence-corrected chi connectivity index (χ4v) is 2.68. The minimum Gasteiger partial charge on any atom is -0.396 e. The maximum absolute atomic E-state index is 9.90. The van der Waals surface area contributed by atoms with E-state index in [1.807, 2.05) is 26.2 Å². The van der Waals surface area contributed by atoms with Crippen molar-refractivity contribution in [3.8, 4) is 6.07 Å². The van der Waals surface area contributed by atoms with Crippen molar-refractivity contribution in [1.82, 2.24) is 4.90 Å². The Balaban J connectivity index is 2.32. The first kappa shape index (κ1) is 13.7. The van der Waals surface area contributed by atoms with E-state index in [9.17, 15) is 5.11 Å². The van der Waals surface area contributed by atoms with Crippen LogP contribution in [-0.4, -0.2) is 49.3 Å². The largest absolute Gasteiger partial charge is 0.396 e. The number of β-amino-alcohol motifs (C(OH)–C–C–N with tert-alkyl or cyclic N) is 1. The lowest BCUT2D eigenvalue weighted by molar-refractivity contribution is 0.191. The molecular weight excluding hydrogens is 240 g/mol. The van der Waals surface area contributed by atoms with Gasteiger partial charge in [-0.1, -0.05) is 6.07 Å². The number of benzene rings is 1. The molecule has 0 amide bonds. The van der Waals surface area contributed by atoms with E-state index >= 15 is 0 Å². The highest BCUT2D eigenvalue weighted by molar-refractivity contribution is 5.74. The van der Waals surface area contributed by atoms with Gasteiger partial charge in [-0.05, 0) is 32.6 Å². The molecule has 0 aliphatic carbocycles. The molecule has 5 heteroatoms. The third-order valence-electron chi connectivity index (χ3n) is 3.48. The lowest BCUT2D eigenvalue weighted by atomic mass is 10.1. The number of hydrogen-bond acceptors (Lipinski definition) is 5. The normalized spacial score (nSPS) is 22.8. The number of nitrogen functional groups attached to an aromatic ring is 1. The number of nitriles is 1. The quantitative estimate of drug-likeness (QED) is 0.780. The van der Waals surface area contributed by atoms with Crippen molar-refractivity contribution in [2.45, 2.75) is 18.6 Å². The number of likely N-dealkylation sites (N-methyl/N-ethyl adjacent to an activating group) is 1. The van der Waals surface area contributed by atoms with E-state index in [-0.39, 0.29) is 12.1 Å². The summed E-state index contributed by atoms with van der Waals surface area (Å²) in [5, 5.41) is 18.9. The van der Waals surface area contributed by atoms with E-state index < -0.39 is 0 Å².